The highest BCUT2D eigenvalue weighted by Gasteiger charge is 2.07. The minimum atomic E-state index is 0.266. The SMILES string of the molecule is NC(=S)c1cccnc1OCc1ccco1. The van der Waals surface area contributed by atoms with Crippen LogP contribution in [-0.4, -0.2) is 9.97 Å². The zero-order valence-electron chi connectivity index (χ0n) is 8.42. The fourth-order valence-electron chi connectivity index (χ4n) is 1.23. The third-order valence-electron chi connectivity index (χ3n) is 1.97. The minimum Gasteiger partial charge on any atom is -0.469 e. The Hall–Kier alpha value is -1.88. The van der Waals surface area contributed by atoms with Crippen molar-refractivity contribution < 1.29 is 9.15 Å². The van der Waals surface area contributed by atoms with Gasteiger partial charge >= 0.3 is 0 Å². The highest BCUT2D eigenvalue weighted by molar-refractivity contribution is 7.80. The van der Waals surface area contributed by atoms with E-state index in [1.807, 2.05) is 6.07 Å². The molecular formula is C11H10N2O2S. The molecule has 0 aromatic carbocycles. The maximum absolute atomic E-state index is 5.55. The Kier molecular flexibility index (Phi) is 3.16. The van der Waals surface area contributed by atoms with Crippen LogP contribution in [-0.2, 0) is 6.61 Å². The summed E-state index contributed by atoms with van der Waals surface area (Å²) in [6.45, 7) is 0.305. The molecular weight excluding hydrogens is 224 g/mol. The first-order valence-corrected chi connectivity index (χ1v) is 5.08. The molecule has 0 aliphatic carbocycles. The van der Waals surface area contributed by atoms with Gasteiger partial charge in [0.15, 0.2) is 0 Å². The van der Waals surface area contributed by atoms with Crippen LogP contribution in [0.15, 0.2) is 41.1 Å². The summed E-state index contributed by atoms with van der Waals surface area (Å²) in [5.74, 6) is 1.14. The first-order chi connectivity index (χ1) is 7.77. The Balaban J connectivity index is 2.12. The molecule has 0 fully saturated rings. The number of aromatic nitrogens is 1. The second-order valence-electron chi connectivity index (χ2n) is 3.09. The van der Waals surface area contributed by atoms with Crippen molar-refractivity contribution >= 4 is 17.2 Å². The molecule has 2 rings (SSSR count). The molecule has 4 nitrogen and oxygen atoms in total. The van der Waals surface area contributed by atoms with Crippen LogP contribution in [0.5, 0.6) is 5.88 Å². The molecule has 16 heavy (non-hydrogen) atoms. The van der Waals surface area contributed by atoms with Gasteiger partial charge in [-0.2, -0.15) is 0 Å². The van der Waals surface area contributed by atoms with Crippen LogP contribution in [0.25, 0.3) is 0 Å². The van der Waals surface area contributed by atoms with E-state index in [2.05, 4.69) is 4.98 Å². The Bertz CT molecular complexity index is 482. The van der Waals surface area contributed by atoms with Gasteiger partial charge in [0.05, 0.1) is 11.8 Å². The molecule has 2 heterocycles. The molecule has 2 aromatic rings. The molecule has 0 aliphatic rings. The predicted molar refractivity (Wildman–Crippen MR) is 63.2 cm³/mol. The van der Waals surface area contributed by atoms with Gasteiger partial charge in [0.2, 0.25) is 5.88 Å². The lowest BCUT2D eigenvalue weighted by molar-refractivity contribution is 0.260. The zero-order chi connectivity index (χ0) is 11.4. The van der Waals surface area contributed by atoms with E-state index in [0.29, 0.717) is 18.1 Å². The summed E-state index contributed by atoms with van der Waals surface area (Å²) in [6, 6.07) is 7.15. The summed E-state index contributed by atoms with van der Waals surface area (Å²) in [7, 11) is 0. The van der Waals surface area contributed by atoms with E-state index >= 15 is 0 Å². The molecule has 0 amide bonds. The molecule has 0 aliphatic heterocycles. The molecule has 0 saturated carbocycles. The second kappa shape index (κ2) is 4.76. The average molecular weight is 234 g/mol. The average Bonchev–Trinajstić information content (AvgIpc) is 2.79. The van der Waals surface area contributed by atoms with E-state index in [1.54, 1.807) is 30.7 Å². The van der Waals surface area contributed by atoms with Gasteiger partial charge in [-0.3, -0.25) is 0 Å². The Morgan fingerprint density at radius 3 is 3.00 bits per heavy atom. The molecule has 0 atom stereocenters. The Labute approximate surface area is 98.0 Å². The van der Waals surface area contributed by atoms with E-state index in [0.717, 1.165) is 5.76 Å². The van der Waals surface area contributed by atoms with E-state index in [1.165, 1.54) is 0 Å². The number of hydrogen-bond acceptors (Lipinski definition) is 4. The van der Waals surface area contributed by atoms with Crippen molar-refractivity contribution in [1.29, 1.82) is 0 Å². The summed E-state index contributed by atoms with van der Waals surface area (Å²) < 4.78 is 10.6. The minimum absolute atomic E-state index is 0.266. The van der Waals surface area contributed by atoms with Crippen LogP contribution < -0.4 is 10.5 Å². The number of nitrogens with two attached hydrogens (primary N) is 1. The van der Waals surface area contributed by atoms with Crippen molar-refractivity contribution in [2.24, 2.45) is 5.73 Å². The van der Waals surface area contributed by atoms with Crippen LogP contribution >= 0.6 is 12.2 Å². The summed E-state index contributed by atoms with van der Waals surface area (Å²) >= 11 is 4.90. The molecule has 0 saturated heterocycles. The summed E-state index contributed by atoms with van der Waals surface area (Å²) in [4.78, 5) is 4.33. The fraction of sp³-hybridized carbons (Fsp3) is 0.0909. The fourth-order valence-corrected chi connectivity index (χ4v) is 1.38. The quantitative estimate of drug-likeness (QED) is 0.818. The topological polar surface area (TPSA) is 61.3 Å². The van der Waals surface area contributed by atoms with Gasteiger partial charge in [-0.15, -0.1) is 0 Å². The summed E-state index contributed by atoms with van der Waals surface area (Å²) in [5, 5.41) is 0. The van der Waals surface area contributed by atoms with E-state index in [4.69, 9.17) is 27.1 Å². The van der Waals surface area contributed by atoms with Gasteiger partial charge in [0.1, 0.15) is 17.4 Å². The van der Waals surface area contributed by atoms with Crippen molar-refractivity contribution in [2.75, 3.05) is 0 Å². The number of furan rings is 1. The van der Waals surface area contributed by atoms with Gasteiger partial charge in [0, 0.05) is 6.20 Å². The molecule has 2 N–H and O–H groups in total. The number of hydrogen-bond donors (Lipinski definition) is 1. The zero-order valence-corrected chi connectivity index (χ0v) is 9.24. The van der Waals surface area contributed by atoms with Crippen molar-refractivity contribution in [3.8, 4) is 5.88 Å². The van der Waals surface area contributed by atoms with E-state index in [9.17, 15) is 0 Å². The first kappa shape index (κ1) is 10.6. The van der Waals surface area contributed by atoms with Crippen LogP contribution in [0.2, 0.25) is 0 Å². The molecule has 0 unspecified atom stereocenters. The normalized spacial score (nSPS) is 10.0. The number of nitrogens with zero attached hydrogens (tertiary/aromatic N) is 1. The van der Waals surface area contributed by atoms with Gasteiger partial charge in [-0.1, -0.05) is 12.2 Å². The van der Waals surface area contributed by atoms with E-state index in [-0.39, 0.29) is 4.99 Å². The monoisotopic (exact) mass is 234 g/mol. The van der Waals surface area contributed by atoms with Crippen LogP contribution in [0, 0.1) is 0 Å². The first-order valence-electron chi connectivity index (χ1n) is 4.67. The third-order valence-corrected chi connectivity index (χ3v) is 2.19. The maximum Gasteiger partial charge on any atom is 0.224 e. The number of rotatable bonds is 4. The van der Waals surface area contributed by atoms with Crippen molar-refractivity contribution in [3.05, 3.63) is 48.0 Å². The summed E-state index contributed by atoms with van der Waals surface area (Å²) in [5.41, 5.74) is 6.18. The lowest BCUT2D eigenvalue weighted by Gasteiger charge is -2.07. The standard InChI is InChI=1S/C11H10N2O2S/c12-10(16)9-4-1-5-13-11(9)15-7-8-3-2-6-14-8/h1-6H,7H2,(H2,12,16). The Morgan fingerprint density at radius 1 is 1.44 bits per heavy atom. The molecule has 0 bridgehead atoms. The van der Waals surface area contributed by atoms with Crippen molar-refractivity contribution in [3.63, 3.8) is 0 Å². The Morgan fingerprint density at radius 2 is 2.31 bits per heavy atom. The maximum atomic E-state index is 5.55. The number of pyridine rings is 1. The molecule has 5 heteroatoms. The smallest absolute Gasteiger partial charge is 0.224 e. The molecule has 0 radical (unpaired) electrons. The van der Waals surface area contributed by atoms with Crippen LogP contribution in [0.3, 0.4) is 0 Å². The van der Waals surface area contributed by atoms with Crippen molar-refractivity contribution in [1.82, 2.24) is 4.98 Å². The predicted octanol–water partition coefficient (Wildman–Crippen LogP) is 1.89. The van der Waals surface area contributed by atoms with Gasteiger partial charge < -0.3 is 14.9 Å². The highest BCUT2D eigenvalue weighted by atomic mass is 32.1. The molecule has 82 valence electrons. The molecule has 2 aromatic heterocycles. The third kappa shape index (κ3) is 2.38. The lowest BCUT2D eigenvalue weighted by atomic mass is 10.3. The van der Waals surface area contributed by atoms with Gasteiger partial charge in [-0.05, 0) is 24.3 Å². The van der Waals surface area contributed by atoms with Crippen LogP contribution in [0.1, 0.15) is 11.3 Å². The van der Waals surface area contributed by atoms with Gasteiger partial charge in [0.25, 0.3) is 0 Å². The van der Waals surface area contributed by atoms with Gasteiger partial charge in [-0.25, -0.2) is 4.98 Å². The largest absolute Gasteiger partial charge is 0.469 e. The van der Waals surface area contributed by atoms with Crippen molar-refractivity contribution in [2.45, 2.75) is 6.61 Å². The molecule has 0 spiro atoms. The van der Waals surface area contributed by atoms with Crippen LogP contribution in [0.4, 0.5) is 0 Å². The lowest BCUT2D eigenvalue weighted by Crippen LogP contribution is -2.12. The van der Waals surface area contributed by atoms with E-state index < -0.39 is 0 Å². The number of thiocarbonyl (C=S) groups is 1. The number of ether oxygens (including phenoxy) is 1. The highest BCUT2D eigenvalue weighted by Crippen LogP contribution is 2.15. The second-order valence-corrected chi connectivity index (χ2v) is 3.53. The summed E-state index contributed by atoms with van der Waals surface area (Å²) in [6.07, 6.45) is 3.21.